The zero-order chi connectivity index (χ0) is 18.2. The molecule has 0 radical (unpaired) electrons. The SMILES string of the molecule is CCc1nncn1CCNC(=NCc1ccccc1)N1CCC(O)CC1. The lowest BCUT2D eigenvalue weighted by Crippen LogP contribution is -2.47. The summed E-state index contributed by atoms with van der Waals surface area (Å²) in [5.41, 5.74) is 1.19. The van der Waals surface area contributed by atoms with Gasteiger partial charge in [0.1, 0.15) is 12.2 Å². The van der Waals surface area contributed by atoms with E-state index in [2.05, 4.69) is 44.0 Å². The molecule has 140 valence electrons. The zero-order valence-corrected chi connectivity index (χ0v) is 15.4. The summed E-state index contributed by atoms with van der Waals surface area (Å²) >= 11 is 0. The molecule has 1 aromatic carbocycles. The number of aliphatic hydroxyl groups is 1. The molecule has 2 aromatic rings. The first-order valence-corrected chi connectivity index (χ1v) is 9.38. The van der Waals surface area contributed by atoms with Crippen LogP contribution in [0.3, 0.4) is 0 Å². The van der Waals surface area contributed by atoms with Crippen LogP contribution in [0.25, 0.3) is 0 Å². The maximum absolute atomic E-state index is 9.77. The number of likely N-dealkylation sites (tertiary alicyclic amines) is 1. The van der Waals surface area contributed by atoms with Crippen LogP contribution >= 0.6 is 0 Å². The number of aryl methyl sites for hydroxylation is 1. The van der Waals surface area contributed by atoms with Crippen molar-refractivity contribution in [2.45, 2.75) is 45.4 Å². The zero-order valence-electron chi connectivity index (χ0n) is 15.4. The van der Waals surface area contributed by atoms with Crippen LogP contribution in [0.2, 0.25) is 0 Å². The summed E-state index contributed by atoms with van der Waals surface area (Å²) in [6.07, 6.45) is 4.04. The topological polar surface area (TPSA) is 78.6 Å². The second-order valence-electron chi connectivity index (χ2n) is 6.56. The molecule has 0 unspecified atom stereocenters. The van der Waals surface area contributed by atoms with Crippen molar-refractivity contribution in [1.82, 2.24) is 25.0 Å². The van der Waals surface area contributed by atoms with Gasteiger partial charge in [0.05, 0.1) is 12.6 Å². The fourth-order valence-electron chi connectivity index (χ4n) is 3.12. The van der Waals surface area contributed by atoms with Crippen molar-refractivity contribution in [2.75, 3.05) is 19.6 Å². The highest BCUT2D eigenvalue weighted by Crippen LogP contribution is 2.11. The first-order chi connectivity index (χ1) is 12.8. The summed E-state index contributed by atoms with van der Waals surface area (Å²) < 4.78 is 2.07. The highest BCUT2D eigenvalue weighted by atomic mass is 16.3. The summed E-state index contributed by atoms with van der Waals surface area (Å²) in [6, 6.07) is 10.3. The normalized spacial score (nSPS) is 16.1. The van der Waals surface area contributed by atoms with Crippen molar-refractivity contribution in [3.05, 3.63) is 48.0 Å². The minimum absolute atomic E-state index is 0.189. The molecule has 0 amide bonds. The molecule has 1 fully saturated rings. The molecule has 1 aliphatic rings. The van der Waals surface area contributed by atoms with E-state index >= 15 is 0 Å². The second kappa shape index (κ2) is 9.33. The Kier molecular flexibility index (Phi) is 6.60. The number of aliphatic hydroxyl groups excluding tert-OH is 1. The molecule has 7 heteroatoms. The molecule has 2 heterocycles. The third kappa shape index (κ3) is 5.05. The monoisotopic (exact) mass is 356 g/mol. The van der Waals surface area contributed by atoms with Crippen LogP contribution in [-0.2, 0) is 19.5 Å². The summed E-state index contributed by atoms with van der Waals surface area (Å²) in [4.78, 5) is 7.05. The number of benzene rings is 1. The van der Waals surface area contributed by atoms with E-state index in [9.17, 15) is 5.11 Å². The molecule has 1 aromatic heterocycles. The number of hydrogen-bond donors (Lipinski definition) is 2. The van der Waals surface area contributed by atoms with Crippen LogP contribution in [0.1, 0.15) is 31.2 Å². The van der Waals surface area contributed by atoms with Crippen molar-refractivity contribution in [3.63, 3.8) is 0 Å². The Balaban J connectivity index is 1.62. The van der Waals surface area contributed by atoms with Gasteiger partial charge in [-0.2, -0.15) is 0 Å². The molecular formula is C19H28N6O. The largest absolute Gasteiger partial charge is 0.393 e. The van der Waals surface area contributed by atoms with Gasteiger partial charge < -0.3 is 19.9 Å². The Morgan fingerprint density at radius 1 is 1.27 bits per heavy atom. The van der Waals surface area contributed by atoms with Gasteiger partial charge >= 0.3 is 0 Å². The Morgan fingerprint density at radius 2 is 2.04 bits per heavy atom. The number of aliphatic imine (C=N–C) groups is 1. The fourth-order valence-corrected chi connectivity index (χ4v) is 3.12. The molecule has 0 spiro atoms. The molecule has 2 N–H and O–H groups in total. The number of guanidine groups is 1. The van der Waals surface area contributed by atoms with Gasteiger partial charge in [0, 0.05) is 32.6 Å². The molecule has 1 aliphatic heterocycles. The molecule has 0 atom stereocenters. The van der Waals surface area contributed by atoms with Crippen LogP contribution < -0.4 is 5.32 Å². The highest BCUT2D eigenvalue weighted by Gasteiger charge is 2.19. The Labute approximate surface area is 154 Å². The van der Waals surface area contributed by atoms with Crippen LogP contribution in [0, 0.1) is 0 Å². The van der Waals surface area contributed by atoms with Gasteiger partial charge in [-0.1, -0.05) is 37.3 Å². The Morgan fingerprint density at radius 3 is 2.77 bits per heavy atom. The number of aromatic nitrogens is 3. The summed E-state index contributed by atoms with van der Waals surface area (Å²) in [5.74, 6) is 1.91. The van der Waals surface area contributed by atoms with E-state index in [1.54, 1.807) is 6.33 Å². The molecular weight excluding hydrogens is 328 g/mol. The lowest BCUT2D eigenvalue weighted by Gasteiger charge is -2.32. The van der Waals surface area contributed by atoms with Gasteiger partial charge in [-0.25, -0.2) is 4.99 Å². The van der Waals surface area contributed by atoms with Gasteiger partial charge in [-0.15, -0.1) is 10.2 Å². The van der Waals surface area contributed by atoms with E-state index < -0.39 is 0 Å². The lowest BCUT2D eigenvalue weighted by molar-refractivity contribution is 0.108. The molecule has 1 saturated heterocycles. The summed E-state index contributed by atoms with van der Waals surface area (Å²) in [6.45, 7) is 5.95. The van der Waals surface area contributed by atoms with E-state index in [0.717, 1.165) is 57.2 Å². The molecule has 7 nitrogen and oxygen atoms in total. The van der Waals surface area contributed by atoms with Crippen molar-refractivity contribution in [2.24, 2.45) is 4.99 Å². The summed E-state index contributed by atoms with van der Waals surface area (Å²) in [7, 11) is 0. The molecule has 26 heavy (non-hydrogen) atoms. The highest BCUT2D eigenvalue weighted by molar-refractivity contribution is 5.80. The third-order valence-corrected chi connectivity index (χ3v) is 4.67. The molecule has 3 rings (SSSR count). The fraction of sp³-hybridized carbons (Fsp3) is 0.526. The predicted molar refractivity (Wildman–Crippen MR) is 102 cm³/mol. The van der Waals surface area contributed by atoms with Crippen molar-refractivity contribution in [1.29, 1.82) is 0 Å². The van der Waals surface area contributed by atoms with E-state index in [1.807, 2.05) is 18.2 Å². The first-order valence-electron chi connectivity index (χ1n) is 9.38. The maximum atomic E-state index is 9.77. The van der Waals surface area contributed by atoms with Crippen molar-refractivity contribution < 1.29 is 5.11 Å². The standard InChI is InChI=1S/C19H28N6O/c1-2-18-23-22-15-25(18)13-10-20-19(24-11-8-17(26)9-12-24)21-14-16-6-4-3-5-7-16/h3-7,15,17,26H,2,8-14H2,1H3,(H,20,21). The number of piperidine rings is 1. The smallest absolute Gasteiger partial charge is 0.194 e. The van der Waals surface area contributed by atoms with E-state index in [-0.39, 0.29) is 6.10 Å². The number of nitrogens with one attached hydrogen (secondary N) is 1. The van der Waals surface area contributed by atoms with E-state index in [4.69, 9.17) is 4.99 Å². The Hall–Kier alpha value is -2.41. The van der Waals surface area contributed by atoms with Gasteiger partial charge in [0.2, 0.25) is 0 Å². The average Bonchev–Trinajstić information content (AvgIpc) is 3.13. The maximum Gasteiger partial charge on any atom is 0.194 e. The van der Waals surface area contributed by atoms with E-state index in [1.165, 1.54) is 5.56 Å². The van der Waals surface area contributed by atoms with Gasteiger partial charge in [-0.05, 0) is 18.4 Å². The van der Waals surface area contributed by atoms with Crippen LogP contribution in [0.15, 0.2) is 41.7 Å². The minimum atomic E-state index is -0.189. The van der Waals surface area contributed by atoms with Crippen molar-refractivity contribution in [3.8, 4) is 0 Å². The molecule has 0 saturated carbocycles. The average molecular weight is 356 g/mol. The van der Waals surface area contributed by atoms with Crippen molar-refractivity contribution >= 4 is 5.96 Å². The van der Waals surface area contributed by atoms with Crippen LogP contribution in [0.4, 0.5) is 0 Å². The van der Waals surface area contributed by atoms with Gasteiger partial charge in [-0.3, -0.25) is 0 Å². The molecule has 0 aliphatic carbocycles. The van der Waals surface area contributed by atoms with Gasteiger partial charge in [0.25, 0.3) is 0 Å². The van der Waals surface area contributed by atoms with Gasteiger partial charge in [0.15, 0.2) is 5.96 Å². The lowest BCUT2D eigenvalue weighted by atomic mass is 10.1. The number of hydrogen-bond acceptors (Lipinski definition) is 4. The minimum Gasteiger partial charge on any atom is -0.393 e. The van der Waals surface area contributed by atoms with Crippen LogP contribution in [-0.4, -0.2) is 56.5 Å². The third-order valence-electron chi connectivity index (χ3n) is 4.67. The van der Waals surface area contributed by atoms with E-state index in [0.29, 0.717) is 6.54 Å². The first kappa shape index (κ1) is 18.4. The predicted octanol–water partition coefficient (Wildman–Crippen LogP) is 1.44. The second-order valence-corrected chi connectivity index (χ2v) is 6.56. The summed E-state index contributed by atoms with van der Waals surface area (Å²) in [5, 5.41) is 21.4. The quantitative estimate of drug-likeness (QED) is 0.605. The number of nitrogens with zero attached hydrogens (tertiary/aromatic N) is 5. The molecule has 0 bridgehead atoms. The van der Waals surface area contributed by atoms with Crippen LogP contribution in [0.5, 0.6) is 0 Å². The Bertz CT molecular complexity index is 691. The number of rotatable bonds is 6.